The van der Waals surface area contributed by atoms with Gasteiger partial charge in [-0.3, -0.25) is 4.79 Å². The van der Waals surface area contributed by atoms with E-state index in [0.29, 0.717) is 11.6 Å². The number of hydrogen-bond donors (Lipinski definition) is 2. The lowest BCUT2D eigenvalue weighted by atomic mass is 9.87. The van der Waals surface area contributed by atoms with Gasteiger partial charge >= 0.3 is 7.48 Å². The molecule has 1 fully saturated rings. The summed E-state index contributed by atoms with van der Waals surface area (Å²) < 4.78 is 0. The zero-order valence-electron chi connectivity index (χ0n) is 7.86. The average Bonchev–Trinajstić information content (AvgIpc) is 3.02. The lowest BCUT2D eigenvalue weighted by molar-refractivity contribution is 0.0951. The van der Waals surface area contributed by atoms with Crippen LogP contribution in [0.4, 0.5) is 0 Å². The van der Waals surface area contributed by atoms with Crippen molar-refractivity contribution in [3.63, 3.8) is 0 Å². The molecule has 0 aliphatic heterocycles. The van der Waals surface area contributed by atoms with Crippen molar-refractivity contribution in [1.82, 2.24) is 5.32 Å². The molecule has 3 nitrogen and oxygen atoms in total. The highest BCUT2D eigenvalue weighted by Crippen LogP contribution is 2.19. The van der Waals surface area contributed by atoms with E-state index in [1.165, 1.54) is 0 Å². The van der Waals surface area contributed by atoms with E-state index in [4.69, 9.17) is 5.02 Å². The zero-order valence-corrected chi connectivity index (χ0v) is 7.86. The SMILES string of the molecule is O=C(NC1CC1)c1cccc(BO)c1. The van der Waals surface area contributed by atoms with Gasteiger partial charge in [-0.05, 0) is 18.9 Å². The second kappa shape index (κ2) is 3.84. The van der Waals surface area contributed by atoms with E-state index >= 15 is 0 Å². The van der Waals surface area contributed by atoms with Gasteiger partial charge in [0.25, 0.3) is 5.91 Å². The molecule has 72 valence electrons. The number of carbonyl (C=O) groups excluding carboxylic acids is 1. The summed E-state index contributed by atoms with van der Waals surface area (Å²) in [5, 5.41) is 11.8. The van der Waals surface area contributed by atoms with Gasteiger partial charge in [0.05, 0.1) is 0 Å². The largest absolute Gasteiger partial charge is 0.449 e. The first kappa shape index (κ1) is 9.28. The van der Waals surface area contributed by atoms with Crippen molar-refractivity contribution in [2.45, 2.75) is 18.9 Å². The Bertz CT molecular complexity index is 350. The molecule has 0 saturated heterocycles. The molecule has 1 amide bonds. The van der Waals surface area contributed by atoms with Crippen molar-refractivity contribution in [3.8, 4) is 0 Å². The van der Waals surface area contributed by atoms with Crippen molar-refractivity contribution < 1.29 is 9.82 Å². The molecule has 2 rings (SSSR count). The third-order valence-electron chi connectivity index (χ3n) is 2.28. The highest BCUT2D eigenvalue weighted by atomic mass is 16.2. The summed E-state index contributed by atoms with van der Waals surface area (Å²) >= 11 is 0. The first-order valence-electron chi connectivity index (χ1n) is 4.80. The molecule has 0 atom stereocenters. The zero-order chi connectivity index (χ0) is 9.97. The minimum atomic E-state index is -0.0391. The number of carbonyl (C=O) groups is 1. The standard InChI is InChI=1S/C10H12BNO2/c13-10(12-9-4-5-9)7-2-1-3-8(6-7)11-14/h1-3,6,9,11,14H,4-5H2,(H,12,13). The first-order valence-corrected chi connectivity index (χ1v) is 4.80. The van der Waals surface area contributed by atoms with E-state index in [1.807, 2.05) is 0 Å². The van der Waals surface area contributed by atoms with E-state index in [-0.39, 0.29) is 13.4 Å². The molecule has 1 aliphatic rings. The van der Waals surface area contributed by atoms with Gasteiger partial charge in [0, 0.05) is 11.6 Å². The Morgan fingerprint density at radius 1 is 1.50 bits per heavy atom. The highest BCUT2D eigenvalue weighted by molar-refractivity contribution is 6.45. The van der Waals surface area contributed by atoms with Gasteiger partial charge in [0.1, 0.15) is 0 Å². The normalized spacial score (nSPS) is 14.9. The summed E-state index contributed by atoms with van der Waals surface area (Å²) in [6, 6.07) is 7.44. The fraction of sp³-hybridized carbons (Fsp3) is 0.300. The monoisotopic (exact) mass is 189 g/mol. The van der Waals surface area contributed by atoms with Crippen LogP contribution < -0.4 is 10.8 Å². The number of nitrogens with one attached hydrogen (secondary N) is 1. The molecular formula is C10H12BNO2. The lowest BCUT2D eigenvalue weighted by Gasteiger charge is -2.03. The number of amides is 1. The van der Waals surface area contributed by atoms with Crippen molar-refractivity contribution in [3.05, 3.63) is 29.8 Å². The van der Waals surface area contributed by atoms with Crippen LogP contribution in [-0.4, -0.2) is 24.5 Å². The van der Waals surface area contributed by atoms with Crippen LogP contribution in [0.3, 0.4) is 0 Å². The quantitative estimate of drug-likeness (QED) is 0.632. The predicted octanol–water partition coefficient (Wildman–Crippen LogP) is -0.452. The van der Waals surface area contributed by atoms with Gasteiger partial charge in [0.2, 0.25) is 0 Å². The molecular weight excluding hydrogens is 177 g/mol. The number of benzene rings is 1. The number of hydrogen-bond acceptors (Lipinski definition) is 2. The van der Waals surface area contributed by atoms with Crippen LogP contribution in [0.1, 0.15) is 23.2 Å². The van der Waals surface area contributed by atoms with E-state index in [9.17, 15) is 4.79 Å². The third kappa shape index (κ3) is 2.14. The van der Waals surface area contributed by atoms with E-state index < -0.39 is 0 Å². The van der Waals surface area contributed by atoms with Crippen LogP contribution in [0.5, 0.6) is 0 Å². The Hall–Kier alpha value is -1.29. The third-order valence-corrected chi connectivity index (χ3v) is 2.28. The van der Waals surface area contributed by atoms with Gasteiger partial charge in [-0.2, -0.15) is 0 Å². The molecule has 1 aromatic rings. The number of rotatable bonds is 3. The molecule has 0 heterocycles. The summed E-state index contributed by atoms with van der Waals surface area (Å²) in [7, 11) is -0.0233. The van der Waals surface area contributed by atoms with Gasteiger partial charge in [-0.25, -0.2) is 0 Å². The second-order valence-corrected chi connectivity index (χ2v) is 3.61. The molecule has 1 aliphatic carbocycles. The smallest absolute Gasteiger partial charge is 0.304 e. The highest BCUT2D eigenvalue weighted by Gasteiger charge is 2.23. The van der Waals surface area contributed by atoms with E-state index in [0.717, 1.165) is 18.3 Å². The first-order chi connectivity index (χ1) is 6.79. The minimum Gasteiger partial charge on any atom is -0.449 e. The van der Waals surface area contributed by atoms with Crippen LogP contribution >= 0.6 is 0 Å². The van der Waals surface area contributed by atoms with Gasteiger partial charge < -0.3 is 10.3 Å². The van der Waals surface area contributed by atoms with Gasteiger partial charge in [0.15, 0.2) is 0 Å². The maximum Gasteiger partial charge on any atom is 0.304 e. The van der Waals surface area contributed by atoms with Crippen molar-refractivity contribution in [1.29, 1.82) is 0 Å². The molecule has 0 unspecified atom stereocenters. The molecule has 1 aromatic carbocycles. The van der Waals surface area contributed by atoms with Gasteiger partial charge in [-0.1, -0.05) is 23.7 Å². The van der Waals surface area contributed by atoms with Crippen LogP contribution in [0.25, 0.3) is 0 Å². The summed E-state index contributed by atoms with van der Waals surface area (Å²) in [5.74, 6) is -0.0391. The maximum absolute atomic E-state index is 11.6. The second-order valence-electron chi connectivity index (χ2n) is 3.61. The molecule has 0 aromatic heterocycles. The molecule has 14 heavy (non-hydrogen) atoms. The molecule has 4 heteroatoms. The Morgan fingerprint density at radius 2 is 2.29 bits per heavy atom. The Balaban J connectivity index is 2.09. The molecule has 0 spiro atoms. The topological polar surface area (TPSA) is 49.3 Å². The lowest BCUT2D eigenvalue weighted by Crippen LogP contribution is -2.26. The van der Waals surface area contributed by atoms with Crippen molar-refractivity contribution in [2.75, 3.05) is 0 Å². The summed E-state index contributed by atoms with van der Waals surface area (Å²) in [6.07, 6.45) is 2.18. The van der Waals surface area contributed by atoms with Crippen LogP contribution in [0.2, 0.25) is 0 Å². The van der Waals surface area contributed by atoms with Crippen molar-refractivity contribution >= 4 is 18.9 Å². The van der Waals surface area contributed by atoms with Crippen LogP contribution in [0, 0.1) is 0 Å². The average molecular weight is 189 g/mol. The minimum absolute atomic E-state index is 0.0233. The molecule has 2 N–H and O–H groups in total. The Morgan fingerprint density at radius 3 is 2.93 bits per heavy atom. The fourth-order valence-corrected chi connectivity index (χ4v) is 1.31. The molecule has 0 bridgehead atoms. The molecule has 0 radical (unpaired) electrons. The maximum atomic E-state index is 11.6. The van der Waals surface area contributed by atoms with Crippen LogP contribution in [-0.2, 0) is 0 Å². The predicted molar refractivity (Wildman–Crippen MR) is 55.9 cm³/mol. The summed E-state index contributed by atoms with van der Waals surface area (Å²) in [5.41, 5.74) is 1.40. The van der Waals surface area contributed by atoms with E-state index in [1.54, 1.807) is 24.3 Å². The van der Waals surface area contributed by atoms with Crippen LogP contribution in [0.15, 0.2) is 24.3 Å². The molecule has 1 saturated carbocycles. The Labute approximate surface area is 83.4 Å². The van der Waals surface area contributed by atoms with E-state index in [2.05, 4.69) is 5.32 Å². The fourth-order valence-electron chi connectivity index (χ4n) is 1.31. The Kier molecular flexibility index (Phi) is 2.54. The summed E-state index contributed by atoms with van der Waals surface area (Å²) in [6.45, 7) is 0. The van der Waals surface area contributed by atoms with Crippen molar-refractivity contribution in [2.24, 2.45) is 0 Å². The van der Waals surface area contributed by atoms with Gasteiger partial charge in [-0.15, -0.1) is 0 Å². The summed E-state index contributed by atoms with van der Waals surface area (Å²) in [4.78, 5) is 11.6.